The van der Waals surface area contributed by atoms with Gasteiger partial charge in [0, 0.05) is 5.56 Å². The number of alkyl halides is 2. The lowest BCUT2D eigenvalue weighted by molar-refractivity contribution is -0.115. The number of amides is 1. The van der Waals surface area contributed by atoms with E-state index in [2.05, 4.69) is 10.1 Å². The number of halogens is 2. The average molecular weight is 469 g/mol. The van der Waals surface area contributed by atoms with Gasteiger partial charge < -0.3 is 19.5 Å². The summed E-state index contributed by atoms with van der Waals surface area (Å²) in [6.45, 7) is -3.66. The Kier molecular flexibility index (Phi) is 8.28. The van der Waals surface area contributed by atoms with Gasteiger partial charge in [0.15, 0.2) is 23.9 Å². The molecule has 3 aromatic carbocycles. The molecule has 0 aliphatic carbocycles. The standard InChI is InChI=1S/C25H21F2NO6/c1-32-22-14-17(11-12-21(22)34-25(26)27)20(29)15-33-24(31)18-9-5-6-10-19(18)28-23(30)13-16-7-3-2-4-8-16/h2-12,14,25H,13,15H2,1H3,(H,28,30). The van der Waals surface area contributed by atoms with Gasteiger partial charge in [0.2, 0.25) is 5.91 Å². The second-order valence-electron chi connectivity index (χ2n) is 7.00. The van der Waals surface area contributed by atoms with E-state index >= 15 is 0 Å². The maximum Gasteiger partial charge on any atom is 0.387 e. The SMILES string of the molecule is COc1cc(C(=O)COC(=O)c2ccccc2NC(=O)Cc2ccccc2)ccc1OC(F)F. The first kappa shape index (κ1) is 24.4. The van der Waals surface area contributed by atoms with E-state index in [1.165, 1.54) is 25.3 Å². The summed E-state index contributed by atoms with van der Waals surface area (Å²) in [6.07, 6.45) is 0.121. The summed E-state index contributed by atoms with van der Waals surface area (Å²) >= 11 is 0. The summed E-state index contributed by atoms with van der Waals surface area (Å²) in [5.74, 6) is -2.01. The molecular weight excluding hydrogens is 448 g/mol. The van der Waals surface area contributed by atoms with Crippen LogP contribution >= 0.6 is 0 Å². The lowest BCUT2D eigenvalue weighted by Gasteiger charge is -2.12. The largest absolute Gasteiger partial charge is 0.493 e. The summed E-state index contributed by atoms with van der Waals surface area (Å²) < 4.78 is 39.3. The van der Waals surface area contributed by atoms with Crippen molar-refractivity contribution in [2.45, 2.75) is 13.0 Å². The van der Waals surface area contributed by atoms with Crippen LogP contribution in [0.1, 0.15) is 26.3 Å². The highest BCUT2D eigenvalue weighted by Crippen LogP contribution is 2.29. The molecule has 176 valence electrons. The first-order valence-corrected chi connectivity index (χ1v) is 10.1. The molecule has 0 bridgehead atoms. The number of ketones is 1. The van der Waals surface area contributed by atoms with Gasteiger partial charge in [-0.05, 0) is 35.9 Å². The third kappa shape index (κ3) is 6.61. The second-order valence-corrected chi connectivity index (χ2v) is 7.00. The normalized spacial score (nSPS) is 10.5. The summed E-state index contributed by atoms with van der Waals surface area (Å²) in [6, 6.07) is 19.0. The van der Waals surface area contributed by atoms with Crippen molar-refractivity contribution in [2.75, 3.05) is 19.0 Å². The Balaban J connectivity index is 1.64. The van der Waals surface area contributed by atoms with Crippen LogP contribution in [0.2, 0.25) is 0 Å². The van der Waals surface area contributed by atoms with Crippen molar-refractivity contribution in [3.05, 3.63) is 89.5 Å². The van der Waals surface area contributed by atoms with Gasteiger partial charge in [0.25, 0.3) is 0 Å². The van der Waals surface area contributed by atoms with Gasteiger partial charge in [-0.15, -0.1) is 0 Å². The maximum atomic E-state index is 12.6. The molecule has 0 aliphatic heterocycles. The summed E-state index contributed by atoms with van der Waals surface area (Å²) in [5, 5.41) is 2.68. The predicted octanol–water partition coefficient (Wildman–Crippen LogP) is 4.52. The highest BCUT2D eigenvalue weighted by atomic mass is 19.3. The Morgan fingerprint density at radius 3 is 2.32 bits per heavy atom. The fraction of sp³-hybridized carbons (Fsp3) is 0.160. The molecule has 0 saturated carbocycles. The topological polar surface area (TPSA) is 90.9 Å². The van der Waals surface area contributed by atoms with Gasteiger partial charge in [-0.25, -0.2) is 4.79 Å². The highest BCUT2D eigenvalue weighted by Gasteiger charge is 2.18. The van der Waals surface area contributed by atoms with E-state index in [0.717, 1.165) is 11.6 Å². The molecule has 0 aliphatic rings. The van der Waals surface area contributed by atoms with Crippen molar-refractivity contribution in [1.29, 1.82) is 0 Å². The molecule has 0 fully saturated rings. The van der Waals surface area contributed by atoms with Gasteiger partial charge in [-0.1, -0.05) is 42.5 Å². The van der Waals surface area contributed by atoms with Crippen molar-refractivity contribution in [3.8, 4) is 11.5 Å². The van der Waals surface area contributed by atoms with Crippen LogP contribution in [0.15, 0.2) is 72.8 Å². The number of para-hydroxylation sites is 1. The van der Waals surface area contributed by atoms with Crippen LogP contribution in [-0.2, 0) is 16.0 Å². The van der Waals surface area contributed by atoms with E-state index in [-0.39, 0.29) is 40.6 Å². The number of methoxy groups -OCH3 is 1. The van der Waals surface area contributed by atoms with Crippen molar-refractivity contribution in [3.63, 3.8) is 0 Å². The maximum absolute atomic E-state index is 12.6. The zero-order valence-corrected chi connectivity index (χ0v) is 18.1. The summed E-state index contributed by atoms with van der Waals surface area (Å²) in [5.41, 5.74) is 1.22. The third-order valence-corrected chi connectivity index (χ3v) is 4.66. The number of ether oxygens (including phenoxy) is 3. The van der Waals surface area contributed by atoms with Gasteiger partial charge in [0.1, 0.15) is 0 Å². The van der Waals surface area contributed by atoms with Crippen LogP contribution in [-0.4, -0.2) is 38.0 Å². The molecule has 0 atom stereocenters. The number of rotatable bonds is 10. The number of benzene rings is 3. The zero-order chi connectivity index (χ0) is 24.5. The average Bonchev–Trinajstić information content (AvgIpc) is 2.83. The van der Waals surface area contributed by atoms with Gasteiger partial charge in [-0.2, -0.15) is 8.78 Å². The number of hydrogen-bond donors (Lipinski definition) is 1. The molecule has 0 spiro atoms. The van der Waals surface area contributed by atoms with Crippen LogP contribution in [0.25, 0.3) is 0 Å². The molecule has 34 heavy (non-hydrogen) atoms. The van der Waals surface area contributed by atoms with E-state index in [9.17, 15) is 23.2 Å². The second kappa shape index (κ2) is 11.6. The third-order valence-electron chi connectivity index (χ3n) is 4.66. The molecule has 3 aromatic rings. The van der Waals surface area contributed by atoms with Crippen LogP contribution in [0.3, 0.4) is 0 Å². The molecule has 1 amide bonds. The Morgan fingerprint density at radius 2 is 1.62 bits per heavy atom. The van der Waals surface area contributed by atoms with E-state index < -0.39 is 25.0 Å². The quantitative estimate of drug-likeness (QED) is 0.347. The van der Waals surface area contributed by atoms with Crippen LogP contribution in [0, 0.1) is 0 Å². The molecule has 0 saturated heterocycles. The zero-order valence-electron chi connectivity index (χ0n) is 18.1. The number of carbonyl (C=O) groups excluding carboxylic acids is 3. The first-order valence-electron chi connectivity index (χ1n) is 10.1. The molecule has 1 N–H and O–H groups in total. The molecule has 3 rings (SSSR count). The van der Waals surface area contributed by atoms with Gasteiger partial charge in [-0.3, -0.25) is 9.59 Å². The molecule has 0 heterocycles. The van der Waals surface area contributed by atoms with Crippen molar-refractivity contribution < 1.29 is 37.4 Å². The summed E-state index contributed by atoms with van der Waals surface area (Å²) in [4.78, 5) is 37.4. The molecule has 9 heteroatoms. The minimum Gasteiger partial charge on any atom is -0.493 e. The Bertz CT molecular complexity index is 1170. The van der Waals surface area contributed by atoms with E-state index in [0.29, 0.717) is 0 Å². The van der Waals surface area contributed by atoms with Gasteiger partial charge >= 0.3 is 12.6 Å². The Labute approximate surface area is 194 Å². The molecular formula is C25H21F2NO6. The smallest absolute Gasteiger partial charge is 0.387 e. The number of Topliss-reactive ketones (excluding diaryl/α,β-unsaturated/α-hetero) is 1. The predicted molar refractivity (Wildman–Crippen MR) is 119 cm³/mol. The lowest BCUT2D eigenvalue weighted by Crippen LogP contribution is -2.19. The highest BCUT2D eigenvalue weighted by molar-refractivity contribution is 6.03. The number of nitrogens with one attached hydrogen (secondary N) is 1. The van der Waals surface area contributed by atoms with Crippen molar-refractivity contribution in [1.82, 2.24) is 0 Å². The monoisotopic (exact) mass is 469 g/mol. The van der Waals surface area contributed by atoms with Crippen LogP contribution in [0.5, 0.6) is 11.5 Å². The van der Waals surface area contributed by atoms with E-state index in [1.807, 2.05) is 30.3 Å². The minimum atomic E-state index is -3.05. The molecule has 0 aromatic heterocycles. The van der Waals surface area contributed by atoms with Crippen molar-refractivity contribution in [2.24, 2.45) is 0 Å². The minimum absolute atomic E-state index is 0.0658. The number of esters is 1. The lowest BCUT2D eigenvalue weighted by atomic mass is 10.1. The number of hydrogen-bond acceptors (Lipinski definition) is 6. The molecule has 0 unspecified atom stereocenters. The molecule has 7 nitrogen and oxygen atoms in total. The van der Waals surface area contributed by atoms with E-state index in [1.54, 1.807) is 18.2 Å². The fourth-order valence-electron chi connectivity index (χ4n) is 3.07. The van der Waals surface area contributed by atoms with E-state index in [4.69, 9.17) is 9.47 Å². The number of carbonyl (C=O) groups is 3. The first-order chi connectivity index (χ1) is 16.4. The van der Waals surface area contributed by atoms with Crippen LogP contribution in [0.4, 0.5) is 14.5 Å². The Morgan fingerprint density at radius 1 is 0.912 bits per heavy atom. The summed E-state index contributed by atoms with van der Waals surface area (Å²) in [7, 11) is 1.24. The number of anilines is 1. The van der Waals surface area contributed by atoms with Gasteiger partial charge in [0.05, 0.1) is 24.8 Å². The van der Waals surface area contributed by atoms with Crippen LogP contribution < -0.4 is 14.8 Å². The van der Waals surface area contributed by atoms with Crippen molar-refractivity contribution >= 4 is 23.3 Å². The fourth-order valence-corrected chi connectivity index (χ4v) is 3.07. The Hall–Kier alpha value is -4.27. The molecule has 0 radical (unpaired) electrons.